The summed E-state index contributed by atoms with van der Waals surface area (Å²) < 4.78 is 5.41. The number of methoxy groups -OCH3 is 1. The molecule has 1 aromatic heterocycles. The van der Waals surface area contributed by atoms with Crippen molar-refractivity contribution in [2.45, 2.75) is 26.3 Å². The molecule has 0 saturated carbocycles. The largest absolute Gasteiger partial charge is 0.496 e. The molecule has 3 rings (SSSR count). The highest BCUT2D eigenvalue weighted by Crippen LogP contribution is 2.27. The van der Waals surface area contributed by atoms with Gasteiger partial charge in [-0.2, -0.15) is 0 Å². The molecule has 1 aromatic carbocycles. The molecule has 2 heterocycles. The molecule has 0 spiro atoms. The summed E-state index contributed by atoms with van der Waals surface area (Å²) in [5.41, 5.74) is 4.77. The van der Waals surface area contributed by atoms with Crippen LogP contribution in [0.5, 0.6) is 5.75 Å². The number of nitrogens with one attached hydrogen (secondary N) is 1. The second kappa shape index (κ2) is 7.34. The Hall–Kier alpha value is -2.56. The van der Waals surface area contributed by atoms with Crippen molar-refractivity contribution in [1.82, 2.24) is 15.2 Å². The zero-order chi connectivity index (χ0) is 16.9. The Labute approximate surface area is 142 Å². The second-order valence-electron chi connectivity index (χ2n) is 6.05. The first-order chi connectivity index (χ1) is 11.7. The molecule has 0 bridgehead atoms. The summed E-state index contributed by atoms with van der Waals surface area (Å²) in [6.07, 6.45) is 5.29. The van der Waals surface area contributed by atoms with E-state index in [-0.39, 0.29) is 6.03 Å². The van der Waals surface area contributed by atoms with Crippen LogP contribution in [0.4, 0.5) is 4.79 Å². The number of ether oxygens (including phenoxy) is 1. The van der Waals surface area contributed by atoms with Crippen LogP contribution in [0.1, 0.15) is 22.3 Å². The number of carbonyl (C=O) groups excluding carboxylic acids is 1. The summed E-state index contributed by atoms with van der Waals surface area (Å²) in [5.74, 6) is 0.917. The third-order valence-corrected chi connectivity index (χ3v) is 4.54. The van der Waals surface area contributed by atoms with Crippen LogP contribution >= 0.6 is 0 Å². The van der Waals surface area contributed by atoms with E-state index in [0.717, 1.165) is 24.2 Å². The monoisotopic (exact) mass is 325 g/mol. The van der Waals surface area contributed by atoms with Gasteiger partial charge in [-0.15, -0.1) is 0 Å². The number of hydrogen-bond acceptors (Lipinski definition) is 3. The predicted molar refractivity (Wildman–Crippen MR) is 93.2 cm³/mol. The average Bonchev–Trinajstić information content (AvgIpc) is 2.62. The second-order valence-corrected chi connectivity index (χ2v) is 6.05. The SMILES string of the molecule is COc1cccc2c1CCN(C(=O)NCCc1ccncc1C)C2. The fourth-order valence-electron chi connectivity index (χ4n) is 3.14. The van der Waals surface area contributed by atoms with Gasteiger partial charge in [0, 0.05) is 37.6 Å². The minimum absolute atomic E-state index is 0.00446. The Bertz CT molecular complexity index is 730. The topological polar surface area (TPSA) is 54.5 Å². The van der Waals surface area contributed by atoms with E-state index >= 15 is 0 Å². The summed E-state index contributed by atoms with van der Waals surface area (Å²) in [5, 5.41) is 3.02. The number of carbonyl (C=O) groups is 1. The molecule has 24 heavy (non-hydrogen) atoms. The highest BCUT2D eigenvalue weighted by atomic mass is 16.5. The quantitative estimate of drug-likeness (QED) is 0.940. The van der Waals surface area contributed by atoms with Crippen molar-refractivity contribution in [3.8, 4) is 5.75 Å². The van der Waals surface area contributed by atoms with Gasteiger partial charge in [-0.3, -0.25) is 4.98 Å². The highest BCUT2D eigenvalue weighted by Gasteiger charge is 2.22. The Morgan fingerprint density at radius 2 is 2.25 bits per heavy atom. The van der Waals surface area contributed by atoms with Gasteiger partial charge in [0.2, 0.25) is 0 Å². The van der Waals surface area contributed by atoms with Gasteiger partial charge in [0.15, 0.2) is 0 Å². The molecule has 0 atom stereocenters. The Kier molecular flexibility index (Phi) is 4.99. The lowest BCUT2D eigenvalue weighted by atomic mass is 9.99. The molecule has 1 aliphatic heterocycles. The van der Waals surface area contributed by atoms with Gasteiger partial charge >= 0.3 is 6.03 Å². The predicted octanol–water partition coefficient (Wildman–Crippen LogP) is 2.71. The first kappa shape index (κ1) is 16.3. The summed E-state index contributed by atoms with van der Waals surface area (Å²) in [7, 11) is 1.69. The summed E-state index contributed by atoms with van der Waals surface area (Å²) >= 11 is 0. The average molecular weight is 325 g/mol. The summed E-state index contributed by atoms with van der Waals surface area (Å²) in [6.45, 7) is 4.02. The number of aromatic nitrogens is 1. The van der Waals surface area contributed by atoms with Crippen LogP contribution in [0.15, 0.2) is 36.7 Å². The Balaban J connectivity index is 1.56. The zero-order valence-electron chi connectivity index (χ0n) is 14.2. The molecule has 1 aliphatic rings. The Morgan fingerprint density at radius 3 is 3.04 bits per heavy atom. The fraction of sp³-hybridized carbons (Fsp3) is 0.368. The van der Waals surface area contributed by atoms with Crippen LogP contribution in [0.3, 0.4) is 0 Å². The number of amides is 2. The smallest absolute Gasteiger partial charge is 0.317 e. The van der Waals surface area contributed by atoms with Gasteiger partial charge in [0.1, 0.15) is 5.75 Å². The van der Waals surface area contributed by atoms with E-state index in [1.807, 2.05) is 36.2 Å². The first-order valence-electron chi connectivity index (χ1n) is 8.26. The summed E-state index contributed by atoms with van der Waals surface area (Å²) in [4.78, 5) is 18.4. The van der Waals surface area contributed by atoms with E-state index < -0.39 is 0 Å². The van der Waals surface area contributed by atoms with Gasteiger partial charge < -0.3 is 15.0 Å². The molecule has 1 N–H and O–H groups in total. The molecule has 5 nitrogen and oxygen atoms in total. The molecule has 0 unspecified atom stereocenters. The molecule has 0 aliphatic carbocycles. The number of hydrogen-bond donors (Lipinski definition) is 1. The normalized spacial score (nSPS) is 13.3. The number of pyridine rings is 1. The van der Waals surface area contributed by atoms with E-state index in [4.69, 9.17) is 4.74 Å². The van der Waals surface area contributed by atoms with E-state index in [1.54, 1.807) is 13.3 Å². The maximum absolute atomic E-state index is 12.4. The highest BCUT2D eigenvalue weighted by molar-refractivity contribution is 5.74. The van der Waals surface area contributed by atoms with Crippen LogP contribution < -0.4 is 10.1 Å². The van der Waals surface area contributed by atoms with Crippen LogP contribution in [-0.2, 0) is 19.4 Å². The molecular weight excluding hydrogens is 302 g/mol. The van der Waals surface area contributed by atoms with Crippen molar-refractivity contribution in [2.24, 2.45) is 0 Å². The zero-order valence-corrected chi connectivity index (χ0v) is 14.2. The van der Waals surface area contributed by atoms with Crippen LogP contribution in [0.25, 0.3) is 0 Å². The van der Waals surface area contributed by atoms with Crippen molar-refractivity contribution < 1.29 is 9.53 Å². The van der Waals surface area contributed by atoms with E-state index in [2.05, 4.69) is 16.4 Å². The molecule has 0 saturated heterocycles. The maximum Gasteiger partial charge on any atom is 0.317 e. The molecule has 2 aromatic rings. The minimum Gasteiger partial charge on any atom is -0.496 e. The van der Waals surface area contributed by atoms with Gasteiger partial charge in [-0.05, 0) is 48.6 Å². The molecule has 5 heteroatoms. The minimum atomic E-state index is -0.00446. The van der Waals surface area contributed by atoms with Crippen molar-refractivity contribution in [3.05, 3.63) is 58.9 Å². The lowest BCUT2D eigenvalue weighted by Gasteiger charge is -2.29. The van der Waals surface area contributed by atoms with Crippen molar-refractivity contribution >= 4 is 6.03 Å². The number of nitrogens with zero attached hydrogens (tertiary/aromatic N) is 2. The van der Waals surface area contributed by atoms with Crippen molar-refractivity contribution in [1.29, 1.82) is 0 Å². The van der Waals surface area contributed by atoms with Gasteiger partial charge in [-0.25, -0.2) is 4.79 Å². The fourth-order valence-corrected chi connectivity index (χ4v) is 3.14. The number of fused-ring (bicyclic) bond motifs is 1. The van der Waals surface area contributed by atoms with Crippen molar-refractivity contribution in [2.75, 3.05) is 20.2 Å². The van der Waals surface area contributed by atoms with Crippen LogP contribution in [0.2, 0.25) is 0 Å². The van der Waals surface area contributed by atoms with Crippen molar-refractivity contribution in [3.63, 3.8) is 0 Å². The van der Waals surface area contributed by atoms with E-state index in [1.165, 1.54) is 16.7 Å². The molecule has 0 fully saturated rings. The molecule has 2 amide bonds. The Morgan fingerprint density at radius 1 is 1.38 bits per heavy atom. The molecule has 0 radical (unpaired) electrons. The van der Waals surface area contributed by atoms with Crippen LogP contribution in [-0.4, -0.2) is 36.1 Å². The lowest BCUT2D eigenvalue weighted by molar-refractivity contribution is 0.192. The number of rotatable bonds is 4. The van der Waals surface area contributed by atoms with E-state index in [9.17, 15) is 4.79 Å². The number of urea groups is 1. The van der Waals surface area contributed by atoms with Crippen LogP contribution in [0, 0.1) is 6.92 Å². The summed E-state index contributed by atoms with van der Waals surface area (Å²) in [6, 6.07) is 8.02. The molecular formula is C19H23N3O2. The third kappa shape index (κ3) is 3.50. The van der Waals surface area contributed by atoms with Gasteiger partial charge in [0.25, 0.3) is 0 Å². The molecule has 126 valence electrons. The number of aryl methyl sites for hydroxylation is 1. The van der Waals surface area contributed by atoms with Gasteiger partial charge in [0.05, 0.1) is 7.11 Å². The maximum atomic E-state index is 12.4. The number of benzene rings is 1. The standard InChI is InChI=1S/C19H23N3O2/c1-14-12-20-9-6-15(14)7-10-21-19(23)22-11-8-17-16(13-22)4-3-5-18(17)24-2/h3-6,9,12H,7-8,10-11,13H2,1-2H3,(H,21,23). The van der Waals surface area contributed by atoms with Gasteiger partial charge in [-0.1, -0.05) is 12.1 Å². The third-order valence-electron chi connectivity index (χ3n) is 4.54. The first-order valence-corrected chi connectivity index (χ1v) is 8.26. The van der Waals surface area contributed by atoms with E-state index in [0.29, 0.717) is 19.6 Å². The lowest BCUT2D eigenvalue weighted by Crippen LogP contribution is -2.43.